The quantitative estimate of drug-likeness (QED) is 0.893. The summed E-state index contributed by atoms with van der Waals surface area (Å²) >= 11 is 0. The van der Waals surface area contributed by atoms with E-state index in [4.69, 9.17) is 0 Å². The third kappa shape index (κ3) is 2.15. The minimum atomic E-state index is -0.770. The van der Waals surface area contributed by atoms with Gasteiger partial charge in [-0.25, -0.2) is 8.78 Å². The molecule has 2 aromatic carbocycles. The summed E-state index contributed by atoms with van der Waals surface area (Å²) in [6, 6.07) is 14.4. The van der Waals surface area contributed by atoms with Gasteiger partial charge in [-0.05, 0) is 23.6 Å². The van der Waals surface area contributed by atoms with Crippen LogP contribution < -0.4 is 5.32 Å². The molecule has 0 amide bonds. The molecule has 3 rings (SSSR count). The monoisotopic (exact) mass is 259 g/mol. The van der Waals surface area contributed by atoms with E-state index in [1.807, 2.05) is 18.2 Å². The molecule has 98 valence electrons. The molecule has 3 heteroatoms. The van der Waals surface area contributed by atoms with Gasteiger partial charge in [-0.1, -0.05) is 42.5 Å². The summed E-state index contributed by atoms with van der Waals surface area (Å²) in [4.78, 5) is 0. The number of rotatable bonds is 3. The summed E-state index contributed by atoms with van der Waals surface area (Å²) in [5, 5.41) is 3.24. The Labute approximate surface area is 111 Å². The number of hydrogen-bond acceptors (Lipinski definition) is 1. The van der Waals surface area contributed by atoms with Crippen molar-refractivity contribution in [3.8, 4) is 0 Å². The molecular weight excluding hydrogens is 244 g/mol. The van der Waals surface area contributed by atoms with Crippen LogP contribution in [0.1, 0.15) is 11.1 Å². The second-order valence-corrected chi connectivity index (χ2v) is 5.14. The minimum absolute atomic E-state index is 0.115. The minimum Gasteiger partial charge on any atom is -0.315 e. The zero-order chi connectivity index (χ0) is 13.3. The summed E-state index contributed by atoms with van der Waals surface area (Å²) in [6.45, 7) is 1.60. The molecule has 1 fully saturated rings. The van der Waals surface area contributed by atoms with Gasteiger partial charge in [-0.15, -0.1) is 0 Å². The fraction of sp³-hybridized carbons (Fsp3) is 0.250. The highest BCUT2D eigenvalue weighted by atomic mass is 19.2. The topological polar surface area (TPSA) is 12.0 Å². The molecule has 1 nitrogen and oxygen atoms in total. The van der Waals surface area contributed by atoms with Crippen LogP contribution in [-0.4, -0.2) is 13.1 Å². The van der Waals surface area contributed by atoms with Gasteiger partial charge in [-0.2, -0.15) is 0 Å². The number of halogens is 2. The van der Waals surface area contributed by atoms with E-state index in [0.717, 1.165) is 19.2 Å². The lowest BCUT2D eigenvalue weighted by atomic mass is 9.71. The maximum Gasteiger partial charge on any atom is 0.162 e. The fourth-order valence-corrected chi connectivity index (χ4v) is 2.70. The van der Waals surface area contributed by atoms with E-state index in [-0.39, 0.29) is 5.41 Å². The normalized spacial score (nSPS) is 16.9. The van der Waals surface area contributed by atoms with Gasteiger partial charge < -0.3 is 5.32 Å². The highest BCUT2D eigenvalue weighted by molar-refractivity contribution is 5.34. The first-order chi connectivity index (χ1) is 9.21. The summed E-state index contributed by atoms with van der Waals surface area (Å²) in [7, 11) is 0. The Bertz CT molecular complexity index is 577. The van der Waals surface area contributed by atoms with Crippen LogP contribution in [0.15, 0.2) is 48.5 Å². The molecule has 0 saturated carbocycles. The molecule has 1 saturated heterocycles. The van der Waals surface area contributed by atoms with Crippen molar-refractivity contribution in [1.82, 2.24) is 5.32 Å². The second kappa shape index (κ2) is 4.74. The van der Waals surface area contributed by atoms with Crippen molar-refractivity contribution in [2.45, 2.75) is 11.8 Å². The SMILES string of the molecule is Fc1cccc(CC2(c3ccccc3)CNC2)c1F. The zero-order valence-electron chi connectivity index (χ0n) is 10.5. The lowest BCUT2D eigenvalue weighted by Gasteiger charge is -2.43. The van der Waals surface area contributed by atoms with E-state index in [1.165, 1.54) is 5.56 Å². The molecule has 0 atom stereocenters. The lowest BCUT2D eigenvalue weighted by Crippen LogP contribution is -2.58. The van der Waals surface area contributed by atoms with Crippen molar-refractivity contribution < 1.29 is 8.78 Å². The van der Waals surface area contributed by atoms with Gasteiger partial charge in [0.15, 0.2) is 11.6 Å². The average Bonchev–Trinajstić information content (AvgIpc) is 2.40. The number of hydrogen-bond donors (Lipinski definition) is 1. The van der Waals surface area contributed by atoms with Crippen LogP contribution in [0.25, 0.3) is 0 Å². The fourth-order valence-electron chi connectivity index (χ4n) is 2.70. The van der Waals surface area contributed by atoms with Crippen LogP contribution in [0.2, 0.25) is 0 Å². The number of benzene rings is 2. The Kier molecular flexibility index (Phi) is 3.07. The van der Waals surface area contributed by atoms with E-state index in [1.54, 1.807) is 12.1 Å². The van der Waals surface area contributed by atoms with Crippen LogP contribution in [0.5, 0.6) is 0 Å². The lowest BCUT2D eigenvalue weighted by molar-refractivity contribution is 0.271. The molecule has 0 spiro atoms. The van der Waals surface area contributed by atoms with Crippen LogP contribution in [-0.2, 0) is 11.8 Å². The van der Waals surface area contributed by atoms with Gasteiger partial charge >= 0.3 is 0 Å². The van der Waals surface area contributed by atoms with Crippen LogP contribution in [0, 0.1) is 11.6 Å². The summed E-state index contributed by atoms with van der Waals surface area (Å²) < 4.78 is 27.1. The smallest absolute Gasteiger partial charge is 0.162 e. The molecule has 0 unspecified atom stereocenters. The van der Waals surface area contributed by atoms with E-state index < -0.39 is 11.6 Å². The Morgan fingerprint density at radius 2 is 1.68 bits per heavy atom. The first kappa shape index (κ1) is 12.3. The van der Waals surface area contributed by atoms with Crippen molar-refractivity contribution in [2.24, 2.45) is 0 Å². The Balaban J connectivity index is 1.94. The third-order valence-corrected chi connectivity index (χ3v) is 3.87. The summed E-state index contributed by atoms with van der Waals surface area (Å²) in [5.74, 6) is -1.49. The molecule has 0 bridgehead atoms. The molecule has 1 aliphatic rings. The molecule has 0 radical (unpaired) electrons. The Morgan fingerprint density at radius 1 is 0.947 bits per heavy atom. The first-order valence-electron chi connectivity index (χ1n) is 6.40. The molecule has 1 N–H and O–H groups in total. The predicted octanol–water partition coefficient (Wildman–Crippen LogP) is 3.05. The molecule has 1 heterocycles. The van der Waals surface area contributed by atoms with Gasteiger partial charge in [0, 0.05) is 18.5 Å². The zero-order valence-corrected chi connectivity index (χ0v) is 10.5. The van der Waals surface area contributed by atoms with Crippen LogP contribution in [0.4, 0.5) is 8.78 Å². The highest BCUT2D eigenvalue weighted by Gasteiger charge is 2.39. The molecule has 0 aromatic heterocycles. The van der Waals surface area contributed by atoms with Crippen LogP contribution >= 0.6 is 0 Å². The molecular formula is C16H15F2N. The third-order valence-electron chi connectivity index (χ3n) is 3.87. The van der Waals surface area contributed by atoms with E-state index in [2.05, 4.69) is 17.4 Å². The van der Waals surface area contributed by atoms with Crippen molar-refractivity contribution in [3.05, 3.63) is 71.3 Å². The van der Waals surface area contributed by atoms with E-state index in [0.29, 0.717) is 12.0 Å². The largest absolute Gasteiger partial charge is 0.315 e. The van der Waals surface area contributed by atoms with E-state index in [9.17, 15) is 8.78 Å². The van der Waals surface area contributed by atoms with Gasteiger partial charge in [0.05, 0.1) is 0 Å². The first-order valence-corrected chi connectivity index (χ1v) is 6.40. The molecule has 2 aromatic rings. The average molecular weight is 259 g/mol. The maximum absolute atomic E-state index is 13.8. The second-order valence-electron chi connectivity index (χ2n) is 5.14. The predicted molar refractivity (Wildman–Crippen MR) is 71.1 cm³/mol. The van der Waals surface area contributed by atoms with E-state index >= 15 is 0 Å². The van der Waals surface area contributed by atoms with Crippen molar-refractivity contribution >= 4 is 0 Å². The highest BCUT2D eigenvalue weighted by Crippen LogP contribution is 2.33. The maximum atomic E-state index is 13.8. The molecule has 0 aliphatic carbocycles. The molecule has 1 aliphatic heterocycles. The van der Waals surface area contributed by atoms with Gasteiger partial charge in [0.25, 0.3) is 0 Å². The van der Waals surface area contributed by atoms with Gasteiger partial charge in [-0.3, -0.25) is 0 Å². The Morgan fingerprint density at radius 3 is 2.32 bits per heavy atom. The molecule has 19 heavy (non-hydrogen) atoms. The van der Waals surface area contributed by atoms with Gasteiger partial charge in [0.1, 0.15) is 0 Å². The number of nitrogens with one attached hydrogen (secondary N) is 1. The van der Waals surface area contributed by atoms with Gasteiger partial charge in [0.2, 0.25) is 0 Å². The van der Waals surface area contributed by atoms with Crippen molar-refractivity contribution in [3.63, 3.8) is 0 Å². The standard InChI is InChI=1S/C16H15F2N/c17-14-8-4-5-12(15(14)18)9-16(10-19-11-16)13-6-2-1-3-7-13/h1-8,19H,9-11H2. The van der Waals surface area contributed by atoms with Crippen molar-refractivity contribution in [1.29, 1.82) is 0 Å². The summed E-state index contributed by atoms with van der Waals surface area (Å²) in [5.41, 5.74) is 1.51. The summed E-state index contributed by atoms with van der Waals surface area (Å²) in [6.07, 6.45) is 0.521. The Hall–Kier alpha value is -1.74. The van der Waals surface area contributed by atoms with Crippen molar-refractivity contribution in [2.75, 3.05) is 13.1 Å². The van der Waals surface area contributed by atoms with Crippen LogP contribution in [0.3, 0.4) is 0 Å².